The van der Waals surface area contributed by atoms with Gasteiger partial charge >= 0.3 is 0 Å². The van der Waals surface area contributed by atoms with Gasteiger partial charge in [-0.3, -0.25) is 4.79 Å². The first-order valence-electron chi connectivity index (χ1n) is 9.14. The van der Waals surface area contributed by atoms with Crippen molar-refractivity contribution < 1.29 is 22.3 Å². The molecule has 2 N–H and O–H groups in total. The maximum absolute atomic E-state index is 13.2. The molecule has 0 aliphatic rings. The SMILES string of the molecule is COc1ccc(NC(=O)[C@H](Cc2ccccc2)NS(=O)(=O)c2ccc(F)cc2)cc1. The zero-order chi connectivity index (χ0) is 21.6. The average molecular weight is 428 g/mol. The fourth-order valence-electron chi connectivity index (χ4n) is 2.81. The van der Waals surface area contributed by atoms with Crippen molar-refractivity contribution in [3.8, 4) is 5.75 Å². The topological polar surface area (TPSA) is 84.5 Å². The first-order valence-corrected chi connectivity index (χ1v) is 10.6. The van der Waals surface area contributed by atoms with Crippen LogP contribution in [0.4, 0.5) is 10.1 Å². The Morgan fingerprint density at radius 1 is 0.967 bits per heavy atom. The van der Waals surface area contributed by atoms with Gasteiger partial charge in [0.25, 0.3) is 0 Å². The van der Waals surface area contributed by atoms with Crippen LogP contribution in [0, 0.1) is 5.82 Å². The van der Waals surface area contributed by atoms with Crippen LogP contribution >= 0.6 is 0 Å². The highest BCUT2D eigenvalue weighted by atomic mass is 32.2. The number of hydrogen-bond donors (Lipinski definition) is 2. The number of anilines is 1. The monoisotopic (exact) mass is 428 g/mol. The van der Waals surface area contributed by atoms with Gasteiger partial charge in [-0.15, -0.1) is 0 Å². The van der Waals surface area contributed by atoms with Crippen molar-refractivity contribution in [2.45, 2.75) is 17.4 Å². The largest absolute Gasteiger partial charge is 0.497 e. The molecule has 3 aromatic carbocycles. The zero-order valence-corrected chi connectivity index (χ0v) is 17.0. The molecule has 0 saturated heterocycles. The minimum atomic E-state index is -4.04. The molecule has 3 aromatic rings. The third kappa shape index (κ3) is 5.65. The molecule has 1 atom stereocenters. The van der Waals surface area contributed by atoms with Crippen LogP contribution in [0.2, 0.25) is 0 Å². The van der Waals surface area contributed by atoms with Crippen LogP contribution in [0.15, 0.2) is 83.8 Å². The molecule has 30 heavy (non-hydrogen) atoms. The van der Waals surface area contributed by atoms with E-state index in [0.29, 0.717) is 11.4 Å². The highest BCUT2D eigenvalue weighted by molar-refractivity contribution is 7.89. The van der Waals surface area contributed by atoms with Crippen LogP contribution < -0.4 is 14.8 Å². The molecule has 0 radical (unpaired) electrons. The standard InChI is InChI=1S/C22H21FN2O4S/c1-29-19-11-9-18(10-12-19)24-22(26)21(15-16-5-3-2-4-6-16)25-30(27,28)20-13-7-17(23)8-14-20/h2-14,21,25H,15H2,1H3,(H,24,26)/t21-/m0/s1. The van der Waals surface area contributed by atoms with Crippen molar-refractivity contribution >= 4 is 21.6 Å². The summed E-state index contributed by atoms with van der Waals surface area (Å²) in [6, 6.07) is 19.1. The van der Waals surface area contributed by atoms with Gasteiger partial charge < -0.3 is 10.1 Å². The number of amides is 1. The van der Waals surface area contributed by atoms with Gasteiger partial charge in [-0.1, -0.05) is 30.3 Å². The number of ether oxygens (including phenoxy) is 1. The van der Waals surface area contributed by atoms with Crippen molar-refractivity contribution in [2.75, 3.05) is 12.4 Å². The first-order chi connectivity index (χ1) is 14.4. The number of hydrogen-bond acceptors (Lipinski definition) is 4. The third-order valence-electron chi connectivity index (χ3n) is 4.38. The Balaban J connectivity index is 1.83. The minimum absolute atomic E-state index is 0.126. The average Bonchev–Trinajstić information content (AvgIpc) is 2.74. The second-order valence-corrected chi connectivity index (χ2v) is 8.25. The fraction of sp³-hybridized carbons (Fsp3) is 0.136. The Bertz CT molecular complexity index is 1090. The van der Waals surface area contributed by atoms with Gasteiger partial charge in [0.15, 0.2) is 0 Å². The van der Waals surface area contributed by atoms with Crippen LogP contribution in [0.25, 0.3) is 0 Å². The second-order valence-electron chi connectivity index (χ2n) is 6.54. The number of rotatable bonds is 8. The Kier molecular flexibility index (Phi) is 6.81. The Labute approximate surface area is 174 Å². The molecule has 6 nitrogen and oxygen atoms in total. The number of nitrogens with one attached hydrogen (secondary N) is 2. The lowest BCUT2D eigenvalue weighted by molar-refractivity contribution is -0.117. The van der Waals surface area contributed by atoms with Crippen molar-refractivity contribution in [2.24, 2.45) is 0 Å². The van der Waals surface area contributed by atoms with Gasteiger partial charge in [-0.05, 0) is 60.5 Å². The van der Waals surface area contributed by atoms with Crippen LogP contribution in [-0.2, 0) is 21.2 Å². The highest BCUT2D eigenvalue weighted by Crippen LogP contribution is 2.17. The number of carbonyl (C=O) groups is 1. The van der Waals surface area contributed by atoms with E-state index in [1.54, 1.807) is 36.4 Å². The molecule has 0 heterocycles. The smallest absolute Gasteiger partial charge is 0.242 e. The number of benzene rings is 3. The summed E-state index contributed by atoms with van der Waals surface area (Å²) in [7, 11) is -2.51. The van der Waals surface area contributed by atoms with Gasteiger partial charge in [0.1, 0.15) is 17.6 Å². The van der Waals surface area contributed by atoms with Crippen LogP contribution in [0.1, 0.15) is 5.56 Å². The third-order valence-corrected chi connectivity index (χ3v) is 5.87. The molecule has 0 saturated carbocycles. The summed E-state index contributed by atoms with van der Waals surface area (Å²) >= 11 is 0. The van der Waals surface area contributed by atoms with E-state index in [9.17, 15) is 17.6 Å². The molecule has 0 bridgehead atoms. The zero-order valence-electron chi connectivity index (χ0n) is 16.2. The summed E-state index contributed by atoms with van der Waals surface area (Å²) in [5.41, 5.74) is 1.29. The molecule has 0 unspecified atom stereocenters. The fourth-order valence-corrected chi connectivity index (χ4v) is 4.01. The molecule has 8 heteroatoms. The summed E-state index contributed by atoms with van der Waals surface area (Å²) in [6.07, 6.45) is 0.142. The van der Waals surface area contributed by atoms with Gasteiger partial charge in [0, 0.05) is 5.69 Å². The van der Waals surface area contributed by atoms with E-state index < -0.39 is 27.8 Å². The number of carbonyl (C=O) groups excluding carboxylic acids is 1. The normalized spacial score (nSPS) is 12.2. The lowest BCUT2D eigenvalue weighted by Crippen LogP contribution is -2.45. The Morgan fingerprint density at radius 2 is 1.60 bits per heavy atom. The lowest BCUT2D eigenvalue weighted by Gasteiger charge is -2.19. The number of methoxy groups -OCH3 is 1. The summed E-state index contributed by atoms with van der Waals surface area (Å²) in [6.45, 7) is 0. The van der Waals surface area contributed by atoms with Gasteiger partial charge in [-0.25, -0.2) is 12.8 Å². The maximum Gasteiger partial charge on any atom is 0.242 e. The van der Waals surface area contributed by atoms with Crippen molar-refractivity contribution in [1.29, 1.82) is 0 Å². The second kappa shape index (κ2) is 9.51. The predicted molar refractivity (Wildman–Crippen MR) is 112 cm³/mol. The molecule has 0 spiro atoms. The summed E-state index contributed by atoms with van der Waals surface area (Å²) in [5.74, 6) is -0.437. The van der Waals surface area contributed by atoms with Gasteiger partial charge in [0.05, 0.1) is 12.0 Å². The van der Waals surface area contributed by atoms with Crippen molar-refractivity contribution in [3.63, 3.8) is 0 Å². The molecular weight excluding hydrogens is 407 g/mol. The van der Waals surface area contributed by atoms with Crippen LogP contribution in [0.3, 0.4) is 0 Å². The summed E-state index contributed by atoms with van der Waals surface area (Å²) in [4.78, 5) is 12.8. The molecule has 0 aliphatic heterocycles. The van der Waals surface area contributed by atoms with E-state index >= 15 is 0 Å². The minimum Gasteiger partial charge on any atom is -0.497 e. The van der Waals surface area contributed by atoms with E-state index in [-0.39, 0.29) is 11.3 Å². The molecule has 3 rings (SSSR count). The van der Waals surface area contributed by atoms with E-state index in [4.69, 9.17) is 4.74 Å². The van der Waals surface area contributed by atoms with Crippen molar-refractivity contribution in [1.82, 2.24) is 4.72 Å². The molecular formula is C22H21FN2O4S. The maximum atomic E-state index is 13.2. The molecule has 0 fully saturated rings. The summed E-state index contributed by atoms with van der Waals surface area (Å²) < 4.78 is 46.2. The van der Waals surface area contributed by atoms with E-state index in [0.717, 1.165) is 29.8 Å². The molecule has 156 valence electrons. The molecule has 0 aromatic heterocycles. The Hall–Kier alpha value is -3.23. The van der Waals surface area contributed by atoms with Crippen LogP contribution in [0.5, 0.6) is 5.75 Å². The van der Waals surface area contributed by atoms with E-state index in [2.05, 4.69) is 10.0 Å². The van der Waals surface area contributed by atoms with E-state index in [1.165, 1.54) is 7.11 Å². The van der Waals surface area contributed by atoms with E-state index in [1.807, 2.05) is 18.2 Å². The Morgan fingerprint density at radius 3 is 2.20 bits per heavy atom. The summed E-state index contributed by atoms with van der Waals surface area (Å²) in [5, 5.41) is 2.72. The lowest BCUT2D eigenvalue weighted by atomic mass is 10.1. The van der Waals surface area contributed by atoms with Crippen molar-refractivity contribution in [3.05, 3.63) is 90.2 Å². The number of halogens is 1. The highest BCUT2D eigenvalue weighted by Gasteiger charge is 2.26. The first kappa shape index (κ1) is 21.5. The van der Waals surface area contributed by atoms with Gasteiger partial charge in [0.2, 0.25) is 15.9 Å². The predicted octanol–water partition coefficient (Wildman–Crippen LogP) is 3.36. The van der Waals surface area contributed by atoms with Crippen LogP contribution in [-0.4, -0.2) is 27.5 Å². The molecule has 1 amide bonds. The van der Waals surface area contributed by atoms with Gasteiger partial charge in [-0.2, -0.15) is 4.72 Å². The molecule has 0 aliphatic carbocycles. The number of sulfonamides is 1. The quantitative estimate of drug-likeness (QED) is 0.576.